The molecule has 1 aliphatic rings. The van der Waals surface area contributed by atoms with Crippen LogP contribution in [0, 0.1) is 5.92 Å². The molecule has 1 aromatic rings. The van der Waals surface area contributed by atoms with Crippen molar-refractivity contribution < 1.29 is 14.3 Å². The molecule has 0 saturated carbocycles. The summed E-state index contributed by atoms with van der Waals surface area (Å²) in [6.07, 6.45) is 0.907. The van der Waals surface area contributed by atoms with Crippen LogP contribution in [0.2, 0.25) is 10.2 Å². The molecule has 2 rings (SSSR count). The smallest absolute Gasteiger partial charge is 0.358 e. The van der Waals surface area contributed by atoms with Crippen LogP contribution in [0.5, 0.6) is 0 Å². The predicted octanol–water partition coefficient (Wildman–Crippen LogP) is 2.58. The molecule has 2 heterocycles. The maximum atomic E-state index is 11.7. The third kappa shape index (κ3) is 3.31. The van der Waals surface area contributed by atoms with E-state index in [1.165, 1.54) is 12.1 Å². The van der Waals surface area contributed by atoms with Gasteiger partial charge in [-0.15, -0.1) is 0 Å². The van der Waals surface area contributed by atoms with Gasteiger partial charge in [0.25, 0.3) is 0 Å². The molecule has 1 atom stereocenters. The standard InChI is InChI=1S/C11H11Cl2NO3/c12-8-1-2-9(13)14-10(8)11(15)17-6-7-3-4-16-5-7/h1-2,7H,3-6H2. The highest BCUT2D eigenvalue weighted by atomic mass is 35.5. The monoisotopic (exact) mass is 275 g/mol. The molecular weight excluding hydrogens is 265 g/mol. The lowest BCUT2D eigenvalue weighted by Gasteiger charge is -2.09. The molecule has 17 heavy (non-hydrogen) atoms. The van der Waals surface area contributed by atoms with Gasteiger partial charge in [-0.05, 0) is 18.6 Å². The summed E-state index contributed by atoms with van der Waals surface area (Å²) >= 11 is 11.5. The molecule has 0 amide bonds. The Balaban J connectivity index is 1.96. The topological polar surface area (TPSA) is 48.4 Å². The lowest BCUT2D eigenvalue weighted by molar-refractivity contribution is 0.0421. The zero-order valence-corrected chi connectivity index (χ0v) is 10.5. The fraction of sp³-hybridized carbons (Fsp3) is 0.455. The molecule has 92 valence electrons. The van der Waals surface area contributed by atoms with Crippen LogP contribution in [0.15, 0.2) is 12.1 Å². The Bertz CT molecular complexity index is 419. The summed E-state index contributed by atoms with van der Waals surface area (Å²) in [6, 6.07) is 3.04. The van der Waals surface area contributed by atoms with Crippen molar-refractivity contribution >= 4 is 29.2 Å². The zero-order valence-electron chi connectivity index (χ0n) is 8.99. The molecule has 4 nitrogen and oxygen atoms in total. The van der Waals surface area contributed by atoms with Crippen molar-refractivity contribution in [3.8, 4) is 0 Å². The number of nitrogens with zero attached hydrogens (tertiary/aromatic N) is 1. The molecular formula is C11H11Cl2NO3. The van der Waals surface area contributed by atoms with Crippen molar-refractivity contribution in [1.82, 2.24) is 4.98 Å². The Morgan fingerprint density at radius 1 is 1.53 bits per heavy atom. The van der Waals surface area contributed by atoms with Gasteiger partial charge in [-0.25, -0.2) is 9.78 Å². The summed E-state index contributed by atoms with van der Waals surface area (Å²) in [7, 11) is 0. The van der Waals surface area contributed by atoms with Gasteiger partial charge >= 0.3 is 5.97 Å². The molecule has 1 saturated heterocycles. The second kappa shape index (κ2) is 5.67. The molecule has 1 unspecified atom stereocenters. The first-order chi connectivity index (χ1) is 8.16. The highest BCUT2D eigenvalue weighted by Gasteiger charge is 2.20. The van der Waals surface area contributed by atoms with Crippen molar-refractivity contribution in [1.29, 1.82) is 0 Å². The summed E-state index contributed by atoms with van der Waals surface area (Å²) in [5.74, 6) is -0.290. The minimum atomic E-state index is -0.551. The number of pyridine rings is 1. The molecule has 1 aromatic heterocycles. The largest absolute Gasteiger partial charge is 0.461 e. The average Bonchev–Trinajstić information content (AvgIpc) is 2.82. The van der Waals surface area contributed by atoms with Crippen LogP contribution >= 0.6 is 23.2 Å². The minimum Gasteiger partial charge on any atom is -0.461 e. The van der Waals surface area contributed by atoms with E-state index in [9.17, 15) is 4.79 Å². The Hall–Kier alpha value is -0.840. The van der Waals surface area contributed by atoms with Gasteiger partial charge in [-0.1, -0.05) is 23.2 Å². The first kappa shape index (κ1) is 12.6. The Morgan fingerprint density at radius 3 is 3.06 bits per heavy atom. The van der Waals surface area contributed by atoms with Crippen molar-refractivity contribution in [3.05, 3.63) is 28.0 Å². The summed E-state index contributed by atoms with van der Waals surface area (Å²) in [5.41, 5.74) is 0.0538. The fourth-order valence-electron chi connectivity index (χ4n) is 1.54. The van der Waals surface area contributed by atoms with Crippen LogP contribution in [0.25, 0.3) is 0 Å². The molecule has 1 aliphatic heterocycles. The molecule has 6 heteroatoms. The maximum Gasteiger partial charge on any atom is 0.358 e. The predicted molar refractivity (Wildman–Crippen MR) is 63.5 cm³/mol. The van der Waals surface area contributed by atoms with E-state index in [1.807, 2.05) is 0 Å². The maximum absolute atomic E-state index is 11.7. The number of carbonyl (C=O) groups excluding carboxylic acids is 1. The van der Waals surface area contributed by atoms with Gasteiger partial charge in [0.2, 0.25) is 0 Å². The van der Waals surface area contributed by atoms with Crippen LogP contribution in [-0.4, -0.2) is 30.8 Å². The molecule has 0 spiro atoms. The van der Waals surface area contributed by atoms with E-state index < -0.39 is 5.97 Å². The first-order valence-corrected chi connectivity index (χ1v) is 5.99. The van der Waals surface area contributed by atoms with Crippen molar-refractivity contribution in [2.75, 3.05) is 19.8 Å². The average molecular weight is 276 g/mol. The van der Waals surface area contributed by atoms with Gasteiger partial charge in [0.1, 0.15) is 5.15 Å². The summed E-state index contributed by atoms with van der Waals surface area (Å²) < 4.78 is 10.3. The number of ether oxygens (including phenoxy) is 2. The van der Waals surface area contributed by atoms with Gasteiger partial charge in [0.15, 0.2) is 5.69 Å². The van der Waals surface area contributed by atoms with Crippen LogP contribution < -0.4 is 0 Å². The van der Waals surface area contributed by atoms with E-state index in [0.29, 0.717) is 13.2 Å². The number of carbonyl (C=O) groups is 1. The third-order valence-electron chi connectivity index (χ3n) is 2.48. The lowest BCUT2D eigenvalue weighted by Crippen LogP contribution is -2.15. The van der Waals surface area contributed by atoms with Crippen LogP contribution in [0.4, 0.5) is 0 Å². The van der Waals surface area contributed by atoms with Gasteiger partial charge < -0.3 is 9.47 Å². The summed E-state index contributed by atoms with van der Waals surface area (Å²) in [5, 5.41) is 0.452. The highest BCUT2D eigenvalue weighted by Crippen LogP contribution is 2.19. The SMILES string of the molecule is O=C(OCC1CCOC1)c1nc(Cl)ccc1Cl. The number of esters is 1. The Kier molecular flexibility index (Phi) is 4.20. The Labute approximate surface area is 109 Å². The number of hydrogen-bond acceptors (Lipinski definition) is 4. The van der Waals surface area contributed by atoms with E-state index in [2.05, 4.69) is 4.98 Å². The number of halogens is 2. The summed E-state index contributed by atoms with van der Waals surface area (Å²) in [4.78, 5) is 15.6. The van der Waals surface area contributed by atoms with E-state index in [4.69, 9.17) is 32.7 Å². The lowest BCUT2D eigenvalue weighted by atomic mass is 10.1. The molecule has 0 aliphatic carbocycles. The van der Waals surface area contributed by atoms with Gasteiger partial charge in [0.05, 0.1) is 18.2 Å². The third-order valence-corrected chi connectivity index (χ3v) is 2.99. The molecule has 1 fully saturated rings. The Morgan fingerprint density at radius 2 is 2.35 bits per heavy atom. The molecule has 0 aromatic carbocycles. The van der Waals surface area contributed by atoms with E-state index in [0.717, 1.165) is 13.0 Å². The molecule has 0 N–H and O–H groups in total. The number of rotatable bonds is 3. The van der Waals surface area contributed by atoms with Crippen LogP contribution in [0.1, 0.15) is 16.9 Å². The van der Waals surface area contributed by atoms with Gasteiger partial charge in [0, 0.05) is 12.5 Å². The summed E-state index contributed by atoms with van der Waals surface area (Å²) in [6.45, 7) is 1.67. The molecule has 0 radical (unpaired) electrons. The molecule has 0 bridgehead atoms. The van der Waals surface area contributed by atoms with Crippen LogP contribution in [0.3, 0.4) is 0 Å². The van der Waals surface area contributed by atoms with Crippen molar-refractivity contribution in [3.63, 3.8) is 0 Å². The second-order valence-corrected chi connectivity index (χ2v) is 4.59. The quantitative estimate of drug-likeness (QED) is 0.629. The van der Waals surface area contributed by atoms with Gasteiger partial charge in [-0.3, -0.25) is 0 Å². The zero-order chi connectivity index (χ0) is 12.3. The van der Waals surface area contributed by atoms with Crippen molar-refractivity contribution in [2.24, 2.45) is 5.92 Å². The minimum absolute atomic E-state index is 0.0538. The number of aromatic nitrogens is 1. The second-order valence-electron chi connectivity index (χ2n) is 3.79. The van der Waals surface area contributed by atoms with Gasteiger partial charge in [-0.2, -0.15) is 0 Å². The van der Waals surface area contributed by atoms with E-state index in [1.54, 1.807) is 0 Å². The highest BCUT2D eigenvalue weighted by molar-refractivity contribution is 6.34. The number of hydrogen-bond donors (Lipinski definition) is 0. The van der Waals surface area contributed by atoms with E-state index >= 15 is 0 Å². The van der Waals surface area contributed by atoms with E-state index in [-0.39, 0.29) is 21.8 Å². The normalized spacial score (nSPS) is 19.3. The van der Waals surface area contributed by atoms with Crippen LogP contribution in [-0.2, 0) is 9.47 Å². The fourth-order valence-corrected chi connectivity index (χ4v) is 1.87. The first-order valence-electron chi connectivity index (χ1n) is 5.23. The van der Waals surface area contributed by atoms with Crippen molar-refractivity contribution in [2.45, 2.75) is 6.42 Å².